The maximum atomic E-state index is 5.93. The third-order valence-electron chi connectivity index (χ3n) is 4.23. The van der Waals surface area contributed by atoms with Gasteiger partial charge in [0.25, 0.3) is 0 Å². The Morgan fingerprint density at radius 3 is 2.26 bits per heavy atom. The largest absolute Gasteiger partial charge is 0.336 e. The van der Waals surface area contributed by atoms with Crippen LogP contribution in [0.5, 0.6) is 0 Å². The van der Waals surface area contributed by atoms with E-state index in [1.54, 1.807) is 0 Å². The minimum absolute atomic E-state index is 0.735. The fourth-order valence-corrected chi connectivity index (χ4v) is 3.07. The van der Waals surface area contributed by atoms with Gasteiger partial charge in [-0.2, -0.15) is 0 Å². The Morgan fingerprint density at radius 1 is 0.826 bits per heavy atom. The predicted octanol–water partition coefficient (Wildman–Crippen LogP) is 4.36. The first-order valence-electron chi connectivity index (χ1n) is 7.69. The summed E-state index contributed by atoms with van der Waals surface area (Å²) < 4.78 is 0. The van der Waals surface area contributed by atoms with Gasteiger partial charge in [-0.3, -0.25) is 0 Å². The van der Waals surface area contributed by atoms with E-state index in [0.717, 1.165) is 41.6 Å². The summed E-state index contributed by atoms with van der Waals surface area (Å²) in [6, 6.07) is 16.3. The van der Waals surface area contributed by atoms with Crippen LogP contribution in [-0.4, -0.2) is 16.5 Å². The molecule has 4 heteroatoms. The minimum Gasteiger partial charge on any atom is -0.336 e. The highest BCUT2D eigenvalue weighted by Crippen LogP contribution is 2.24. The molecule has 0 N–H and O–H groups in total. The first kappa shape index (κ1) is 14.2. The molecule has 0 radical (unpaired) electrons. The molecule has 0 bridgehead atoms. The lowest BCUT2D eigenvalue weighted by Gasteiger charge is -2.28. The molecule has 0 saturated carbocycles. The maximum absolute atomic E-state index is 5.93. The second kappa shape index (κ2) is 6.01. The number of nitrogens with zero attached hydrogens (tertiary/aromatic N) is 3. The van der Waals surface area contributed by atoms with Gasteiger partial charge in [-0.05, 0) is 35.2 Å². The number of hydrogen-bond acceptors (Lipinski definition) is 3. The van der Waals surface area contributed by atoms with Crippen LogP contribution in [0.1, 0.15) is 11.1 Å². The topological polar surface area (TPSA) is 29.0 Å². The second-order valence-corrected chi connectivity index (χ2v) is 6.16. The van der Waals surface area contributed by atoms with E-state index in [2.05, 4.69) is 39.1 Å². The summed E-state index contributed by atoms with van der Waals surface area (Å²) in [6.07, 6.45) is 4.80. The van der Waals surface area contributed by atoms with Gasteiger partial charge >= 0.3 is 0 Å². The highest BCUT2D eigenvalue weighted by molar-refractivity contribution is 6.30. The summed E-state index contributed by atoms with van der Waals surface area (Å²) in [5.74, 6) is 0.789. The molecule has 3 nitrogen and oxygen atoms in total. The van der Waals surface area contributed by atoms with Crippen LogP contribution in [0.4, 0.5) is 5.95 Å². The van der Waals surface area contributed by atoms with Gasteiger partial charge in [0.2, 0.25) is 5.95 Å². The van der Waals surface area contributed by atoms with Crippen LogP contribution in [0.3, 0.4) is 0 Å². The highest BCUT2D eigenvalue weighted by atomic mass is 35.5. The number of rotatable bonds is 2. The van der Waals surface area contributed by atoms with E-state index < -0.39 is 0 Å². The summed E-state index contributed by atoms with van der Waals surface area (Å²) in [6.45, 7) is 1.83. The number of benzene rings is 2. The Kier molecular flexibility index (Phi) is 3.72. The monoisotopic (exact) mass is 321 g/mol. The second-order valence-electron chi connectivity index (χ2n) is 5.72. The fraction of sp³-hybridized carbons (Fsp3) is 0.158. The van der Waals surface area contributed by atoms with Gasteiger partial charge in [0.1, 0.15) is 0 Å². The number of hydrogen-bond donors (Lipinski definition) is 0. The molecule has 1 aliphatic heterocycles. The Morgan fingerprint density at radius 2 is 1.52 bits per heavy atom. The molecular formula is C19H16ClN3. The van der Waals surface area contributed by atoms with Crippen LogP contribution < -0.4 is 4.90 Å². The zero-order valence-corrected chi connectivity index (χ0v) is 13.4. The SMILES string of the molecule is Clc1ccc(-c2cnc(N3CCc4ccccc4C3)nc2)cc1. The van der Waals surface area contributed by atoms with Crippen LogP contribution in [0.25, 0.3) is 11.1 Å². The minimum atomic E-state index is 0.735. The van der Waals surface area contributed by atoms with Gasteiger partial charge in [0, 0.05) is 36.1 Å². The average molecular weight is 322 g/mol. The van der Waals surface area contributed by atoms with Crippen molar-refractivity contribution in [3.05, 3.63) is 77.1 Å². The Labute approximate surface area is 140 Å². The van der Waals surface area contributed by atoms with Crippen molar-refractivity contribution < 1.29 is 0 Å². The van der Waals surface area contributed by atoms with Gasteiger partial charge in [-0.15, -0.1) is 0 Å². The summed E-state index contributed by atoms with van der Waals surface area (Å²) in [5.41, 5.74) is 4.87. The number of fused-ring (bicyclic) bond motifs is 1. The van der Waals surface area contributed by atoms with Crippen LogP contribution in [-0.2, 0) is 13.0 Å². The van der Waals surface area contributed by atoms with E-state index >= 15 is 0 Å². The Bertz CT molecular complexity index is 813. The van der Waals surface area contributed by atoms with Gasteiger partial charge in [-0.25, -0.2) is 9.97 Å². The molecule has 2 aromatic carbocycles. The van der Waals surface area contributed by atoms with Crippen LogP contribution in [0.2, 0.25) is 5.02 Å². The lowest BCUT2D eigenvalue weighted by Crippen LogP contribution is -2.31. The van der Waals surface area contributed by atoms with Crippen molar-refractivity contribution in [2.75, 3.05) is 11.4 Å². The van der Waals surface area contributed by atoms with Crippen molar-refractivity contribution in [1.29, 1.82) is 0 Å². The quantitative estimate of drug-likeness (QED) is 0.702. The zero-order chi connectivity index (χ0) is 15.6. The van der Waals surface area contributed by atoms with E-state index in [4.69, 9.17) is 11.6 Å². The lowest BCUT2D eigenvalue weighted by molar-refractivity contribution is 0.708. The van der Waals surface area contributed by atoms with E-state index in [9.17, 15) is 0 Å². The molecule has 0 atom stereocenters. The van der Waals surface area contributed by atoms with Gasteiger partial charge in [-0.1, -0.05) is 48.0 Å². The zero-order valence-electron chi connectivity index (χ0n) is 12.6. The van der Waals surface area contributed by atoms with Crippen molar-refractivity contribution in [3.63, 3.8) is 0 Å². The summed E-state index contributed by atoms with van der Waals surface area (Å²) in [4.78, 5) is 11.3. The van der Waals surface area contributed by atoms with Crippen molar-refractivity contribution in [2.45, 2.75) is 13.0 Å². The van der Waals surface area contributed by atoms with E-state index in [1.807, 2.05) is 36.7 Å². The fourth-order valence-electron chi connectivity index (χ4n) is 2.94. The molecule has 2 heterocycles. The summed E-state index contributed by atoms with van der Waals surface area (Å²) >= 11 is 5.93. The van der Waals surface area contributed by atoms with Crippen molar-refractivity contribution >= 4 is 17.5 Å². The van der Waals surface area contributed by atoms with Gasteiger partial charge in [0.15, 0.2) is 0 Å². The van der Waals surface area contributed by atoms with Crippen LogP contribution in [0.15, 0.2) is 60.9 Å². The Balaban J connectivity index is 1.56. The summed E-state index contributed by atoms with van der Waals surface area (Å²) in [5, 5.41) is 0.735. The highest BCUT2D eigenvalue weighted by Gasteiger charge is 2.17. The normalized spacial score (nSPS) is 13.7. The molecule has 1 aliphatic rings. The molecule has 0 saturated heterocycles. The Hall–Kier alpha value is -2.39. The van der Waals surface area contributed by atoms with Crippen LogP contribution >= 0.6 is 11.6 Å². The van der Waals surface area contributed by atoms with E-state index in [-0.39, 0.29) is 0 Å². The summed E-state index contributed by atoms with van der Waals surface area (Å²) in [7, 11) is 0. The van der Waals surface area contributed by atoms with Gasteiger partial charge in [0.05, 0.1) is 0 Å². The van der Waals surface area contributed by atoms with Crippen molar-refractivity contribution in [2.24, 2.45) is 0 Å². The standard InChI is InChI=1S/C19H16ClN3/c20-18-7-5-15(6-8-18)17-11-21-19(22-12-17)23-10-9-14-3-1-2-4-16(14)13-23/h1-8,11-12H,9-10,13H2. The molecule has 0 amide bonds. The van der Waals surface area contributed by atoms with Crippen molar-refractivity contribution in [3.8, 4) is 11.1 Å². The third kappa shape index (κ3) is 2.92. The molecule has 23 heavy (non-hydrogen) atoms. The van der Waals surface area contributed by atoms with Gasteiger partial charge < -0.3 is 4.90 Å². The molecule has 1 aromatic heterocycles. The first-order valence-corrected chi connectivity index (χ1v) is 8.07. The van der Waals surface area contributed by atoms with Crippen molar-refractivity contribution in [1.82, 2.24) is 9.97 Å². The maximum Gasteiger partial charge on any atom is 0.225 e. The van der Waals surface area contributed by atoms with Crippen LogP contribution in [0, 0.1) is 0 Å². The van der Waals surface area contributed by atoms with E-state index in [1.165, 1.54) is 11.1 Å². The molecule has 0 spiro atoms. The molecule has 0 fully saturated rings. The average Bonchev–Trinajstić information content (AvgIpc) is 2.62. The number of aromatic nitrogens is 2. The predicted molar refractivity (Wildman–Crippen MR) is 93.7 cm³/mol. The third-order valence-corrected chi connectivity index (χ3v) is 4.48. The molecule has 114 valence electrons. The smallest absolute Gasteiger partial charge is 0.225 e. The van der Waals surface area contributed by atoms with E-state index in [0.29, 0.717) is 0 Å². The molecule has 0 aliphatic carbocycles. The molecule has 4 rings (SSSR count). The number of halogens is 1. The molecule has 0 unspecified atom stereocenters. The lowest BCUT2D eigenvalue weighted by atomic mass is 10.0. The molecule has 3 aromatic rings. The molecular weight excluding hydrogens is 306 g/mol. The first-order chi connectivity index (χ1) is 11.3. The number of anilines is 1.